The molecule has 29 heavy (non-hydrogen) atoms. The molecule has 2 aromatic carbocycles. The number of aromatic nitrogens is 2. The lowest BCUT2D eigenvalue weighted by atomic mass is 10.1. The summed E-state index contributed by atoms with van der Waals surface area (Å²) in [6.07, 6.45) is 3.76. The molecule has 1 aliphatic heterocycles. The van der Waals surface area contributed by atoms with Gasteiger partial charge in [-0.3, -0.25) is 0 Å². The minimum absolute atomic E-state index is 0.0463. The molecule has 4 N–H and O–H groups in total. The number of sulfonamides is 1. The van der Waals surface area contributed by atoms with Crippen molar-refractivity contribution < 1.29 is 13.2 Å². The summed E-state index contributed by atoms with van der Waals surface area (Å²) in [4.78, 5) is 9.02. The Morgan fingerprint density at radius 2 is 1.90 bits per heavy atom. The molecule has 1 saturated heterocycles. The summed E-state index contributed by atoms with van der Waals surface area (Å²) in [7, 11) is -3.73. The SMILES string of the molecule is NS(=O)(=O)c1ccc(Nc2ncc3cc(Br)cc(OC4CCNCC4)c3n2)cc1. The number of benzene rings is 2. The van der Waals surface area contributed by atoms with Gasteiger partial charge in [-0.1, -0.05) is 15.9 Å². The standard InChI is InChI=1S/C19H20BrN5O3S/c20-13-9-12-11-23-19(24-14-1-3-16(4-2-14)29(21,26)27)25-18(12)17(10-13)28-15-5-7-22-8-6-15/h1-4,9-11,15,22H,5-8H2,(H2,21,26,27)(H,23,24,25). The molecule has 2 heterocycles. The highest BCUT2D eigenvalue weighted by Crippen LogP contribution is 2.31. The van der Waals surface area contributed by atoms with E-state index in [1.165, 1.54) is 12.1 Å². The number of ether oxygens (including phenoxy) is 1. The third-order valence-corrected chi connectivity index (χ3v) is 6.02. The summed E-state index contributed by atoms with van der Waals surface area (Å²) in [5.41, 5.74) is 1.36. The Hall–Kier alpha value is -2.27. The maximum Gasteiger partial charge on any atom is 0.238 e. The van der Waals surface area contributed by atoms with Crippen LogP contribution in [0.1, 0.15) is 12.8 Å². The van der Waals surface area contributed by atoms with E-state index >= 15 is 0 Å². The van der Waals surface area contributed by atoms with E-state index in [1.54, 1.807) is 18.3 Å². The average Bonchev–Trinajstić information content (AvgIpc) is 2.69. The number of fused-ring (bicyclic) bond motifs is 1. The fourth-order valence-corrected chi connectivity index (χ4v) is 4.15. The molecule has 0 spiro atoms. The number of anilines is 2. The molecule has 0 unspecified atom stereocenters. The largest absolute Gasteiger partial charge is 0.488 e. The smallest absolute Gasteiger partial charge is 0.238 e. The van der Waals surface area contributed by atoms with Gasteiger partial charge in [0.05, 0.1) is 4.90 Å². The number of halogens is 1. The Balaban J connectivity index is 1.62. The van der Waals surface area contributed by atoms with Crippen molar-refractivity contribution in [3.8, 4) is 5.75 Å². The molecule has 152 valence electrons. The second kappa shape index (κ2) is 8.23. The van der Waals surface area contributed by atoms with Gasteiger partial charge >= 0.3 is 0 Å². The molecule has 0 saturated carbocycles. The summed E-state index contributed by atoms with van der Waals surface area (Å²) < 4.78 is 29.9. The maximum atomic E-state index is 11.4. The van der Waals surface area contributed by atoms with Gasteiger partial charge in [-0.05, 0) is 62.3 Å². The van der Waals surface area contributed by atoms with Crippen LogP contribution in [0.15, 0.2) is 52.0 Å². The molecule has 3 aromatic rings. The Labute approximate surface area is 177 Å². The van der Waals surface area contributed by atoms with Gasteiger partial charge in [0.15, 0.2) is 0 Å². The van der Waals surface area contributed by atoms with E-state index in [9.17, 15) is 8.42 Å². The number of primary sulfonamides is 1. The number of piperidine rings is 1. The van der Waals surface area contributed by atoms with Gasteiger partial charge in [0.25, 0.3) is 0 Å². The molecule has 1 fully saturated rings. The lowest BCUT2D eigenvalue weighted by Gasteiger charge is -2.24. The number of rotatable bonds is 5. The first-order chi connectivity index (χ1) is 13.9. The summed E-state index contributed by atoms with van der Waals surface area (Å²) >= 11 is 3.52. The van der Waals surface area contributed by atoms with Gasteiger partial charge in [0, 0.05) is 21.7 Å². The summed E-state index contributed by atoms with van der Waals surface area (Å²) in [6.45, 7) is 1.87. The van der Waals surface area contributed by atoms with Gasteiger partial charge in [-0.25, -0.2) is 23.5 Å². The lowest BCUT2D eigenvalue weighted by Crippen LogP contribution is -2.34. The van der Waals surface area contributed by atoms with Crippen LogP contribution in [-0.2, 0) is 10.0 Å². The van der Waals surface area contributed by atoms with E-state index in [0.29, 0.717) is 22.9 Å². The van der Waals surface area contributed by atoms with Gasteiger partial charge in [-0.15, -0.1) is 0 Å². The summed E-state index contributed by atoms with van der Waals surface area (Å²) in [5.74, 6) is 1.09. The average molecular weight is 478 g/mol. The Morgan fingerprint density at radius 1 is 1.17 bits per heavy atom. The predicted octanol–water partition coefficient (Wildman–Crippen LogP) is 2.91. The fraction of sp³-hybridized carbons (Fsp3) is 0.263. The highest BCUT2D eigenvalue weighted by Gasteiger charge is 2.17. The molecule has 0 atom stereocenters. The van der Waals surface area contributed by atoms with E-state index in [0.717, 1.165) is 35.8 Å². The van der Waals surface area contributed by atoms with Crippen LogP contribution in [0.5, 0.6) is 5.75 Å². The monoisotopic (exact) mass is 477 g/mol. The van der Waals surface area contributed by atoms with Gasteiger partial charge in [0.1, 0.15) is 17.4 Å². The van der Waals surface area contributed by atoms with Crippen LogP contribution < -0.4 is 20.5 Å². The molecule has 8 nitrogen and oxygen atoms in total. The molecule has 10 heteroatoms. The van der Waals surface area contributed by atoms with Crippen molar-refractivity contribution in [1.82, 2.24) is 15.3 Å². The van der Waals surface area contributed by atoms with Crippen molar-refractivity contribution in [3.05, 3.63) is 47.1 Å². The zero-order valence-electron chi connectivity index (χ0n) is 15.4. The first-order valence-electron chi connectivity index (χ1n) is 9.12. The van der Waals surface area contributed by atoms with Crippen LogP contribution in [0.25, 0.3) is 10.9 Å². The minimum Gasteiger partial charge on any atom is -0.488 e. The van der Waals surface area contributed by atoms with Gasteiger partial charge in [-0.2, -0.15) is 0 Å². The van der Waals surface area contributed by atoms with Crippen molar-refractivity contribution in [3.63, 3.8) is 0 Å². The Kier molecular flexibility index (Phi) is 5.68. The quantitative estimate of drug-likeness (QED) is 0.516. The number of nitrogens with zero attached hydrogens (tertiary/aromatic N) is 2. The highest BCUT2D eigenvalue weighted by atomic mass is 79.9. The third kappa shape index (κ3) is 4.84. The van der Waals surface area contributed by atoms with Crippen molar-refractivity contribution in [2.75, 3.05) is 18.4 Å². The second-order valence-corrected chi connectivity index (χ2v) is 9.27. The van der Waals surface area contributed by atoms with Crippen molar-refractivity contribution in [2.24, 2.45) is 5.14 Å². The van der Waals surface area contributed by atoms with Crippen molar-refractivity contribution in [2.45, 2.75) is 23.8 Å². The number of hydrogen-bond donors (Lipinski definition) is 3. The first kappa shape index (κ1) is 20.0. The zero-order chi connectivity index (χ0) is 20.4. The van der Waals surface area contributed by atoms with Crippen LogP contribution in [0.2, 0.25) is 0 Å². The molecule has 0 bridgehead atoms. The Morgan fingerprint density at radius 3 is 2.59 bits per heavy atom. The molecule has 0 aliphatic carbocycles. The number of nitrogens with one attached hydrogen (secondary N) is 2. The molecule has 1 aliphatic rings. The third-order valence-electron chi connectivity index (χ3n) is 4.63. The van der Waals surface area contributed by atoms with Crippen LogP contribution >= 0.6 is 15.9 Å². The van der Waals surface area contributed by atoms with Crippen LogP contribution in [0.3, 0.4) is 0 Å². The van der Waals surface area contributed by atoms with Crippen LogP contribution in [0, 0.1) is 0 Å². The number of nitrogens with two attached hydrogens (primary N) is 1. The van der Waals surface area contributed by atoms with E-state index in [1.807, 2.05) is 12.1 Å². The van der Waals surface area contributed by atoms with E-state index < -0.39 is 10.0 Å². The van der Waals surface area contributed by atoms with E-state index in [4.69, 9.17) is 9.88 Å². The molecular weight excluding hydrogens is 458 g/mol. The minimum atomic E-state index is -3.73. The predicted molar refractivity (Wildman–Crippen MR) is 115 cm³/mol. The molecule has 0 radical (unpaired) electrons. The van der Waals surface area contributed by atoms with Crippen LogP contribution in [-0.4, -0.2) is 37.6 Å². The molecular formula is C19H20BrN5O3S. The molecule has 4 rings (SSSR count). The molecule has 1 aromatic heterocycles. The zero-order valence-corrected chi connectivity index (χ0v) is 17.8. The summed E-state index contributed by atoms with van der Waals surface area (Å²) in [5, 5.41) is 12.4. The fourth-order valence-electron chi connectivity index (χ4n) is 3.18. The first-order valence-corrected chi connectivity index (χ1v) is 11.5. The highest BCUT2D eigenvalue weighted by molar-refractivity contribution is 9.10. The maximum absolute atomic E-state index is 11.4. The van der Waals surface area contributed by atoms with Crippen molar-refractivity contribution in [1.29, 1.82) is 0 Å². The second-order valence-electron chi connectivity index (χ2n) is 6.80. The Bertz CT molecular complexity index is 1130. The van der Waals surface area contributed by atoms with E-state index in [2.05, 4.69) is 36.5 Å². The van der Waals surface area contributed by atoms with Gasteiger partial charge < -0.3 is 15.4 Å². The molecule has 0 amide bonds. The van der Waals surface area contributed by atoms with Crippen LogP contribution in [0.4, 0.5) is 11.6 Å². The van der Waals surface area contributed by atoms with E-state index in [-0.39, 0.29) is 11.0 Å². The normalized spacial score (nSPS) is 15.4. The summed E-state index contributed by atoms with van der Waals surface area (Å²) in [6, 6.07) is 9.95. The lowest BCUT2D eigenvalue weighted by molar-refractivity contribution is 0.164. The topological polar surface area (TPSA) is 119 Å². The number of hydrogen-bond acceptors (Lipinski definition) is 7. The van der Waals surface area contributed by atoms with Gasteiger partial charge in [0.2, 0.25) is 16.0 Å². The van der Waals surface area contributed by atoms with Crippen molar-refractivity contribution >= 4 is 48.5 Å².